The van der Waals surface area contributed by atoms with Gasteiger partial charge in [-0.3, -0.25) is 4.79 Å². The first-order valence-electron chi connectivity index (χ1n) is 11.0. The second-order valence-electron chi connectivity index (χ2n) is 8.55. The molecule has 0 amide bonds. The summed E-state index contributed by atoms with van der Waals surface area (Å²) in [5, 5.41) is 10.8. The first-order chi connectivity index (χ1) is 15.0. The molecule has 4 nitrogen and oxygen atoms in total. The smallest absolute Gasteiger partial charge is 0.346 e. The second-order valence-corrected chi connectivity index (χ2v) is 8.55. The van der Waals surface area contributed by atoms with Crippen molar-refractivity contribution in [2.45, 2.75) is 57.0 Å². The Morgan fingerprint density at radius 2 is 1.71 bits per heavy atom. The first-order valence-corrected chi connectivity index (χ1v) is 11.0. The van der Waals surface area contributed by atoms with Crippen molar-refractivity contribution in [3.05, 3.63) is 82.9 Å². The van der Waals surface area contributed by atoms with Gasteiger partial charge in [-0.25, -0.2) is 9.18 Å². The minimum Gasteiger partial charge on any atom is -0.507 e. The number of Topliss-reactive ketones (excluding diaryl/α,β-unsaturated/α-hetero) is 1. The van der Waals surface area contributed by atoms with Gasteiger partial charge in [-0.1, -0.05) is 74.6 Å². The summed E-state index contributed by atoms with van der Waals surface area (Å²) in [6.45, 7) is 0. The lowest BCUT2D eigenvalue weighted by Gasteiger charge is -2.23. The van der Waals surface area contributed by atoms with Crippen LogP contribution in [-0.4, -0.2) is 23.0 Å². The molecule has 0 spiro atoms. The molecular weight excluding hydrogens is 395 g/mol. The fraction of sp³-hybridized carbons (Fsp3) is 0.385. The highest BCUT2D eigenvalue weighted by Gasteiger charge is 2.41. The van der Waals surface area contributed by atoms with E-state index in [9.17, 15) is 19.1 Å². The standard InChI is InChI=1S/C26H27FO4/c27-20-13-11-18(12-14-20)15-21(19-9-5-2-6-10-19)24(28)23-25(29)22(31-26(23)30)16-17-7-3-1-4-8-17/h2,5-6,9-14,17,21-22,29H,1,3-4,7-8,15-16H2. The van der Waals surface area contributed by atoms with Crippen LogP contribution in [0, 0.1) is 11.7 Å². The van der Waals surface area contributed by atoms with Crippen molar-refractivity contribution >= 4 is 11.8 Å². The average Bonchev–Trinajstić information content (AvgIpc) is 3.07. The third-order valence-electron chi connectivity index (χ3n) is 6.40. The topological polar surface area (TPSA) is 63.6 Å². The summed E-state index contributed by atoms with van der Waals surface area (Å²) in [5.74, 6) is -2.07. The van der Waals surface area contributed by atoms with Gasteiger partial charge >= 0.3 is 5.97 Å². The van der Waals surface area contributed by atoms with E-state index in [2.05, 4.69) is 0 Å². The molecule has 1 heterocycles. The number of esters is 1. The van der Waals surface area contributed by atoms with E-state index in [0.29, 0.717) is 18.8 Å². The number of aliphatic hydroxyl groups excluding tert-OH is 1. The van der Waals surface area contributed by atoms with Crippen molar-refractivity contribution in [3.8, 4) is 0 Å². The maximum absolute atomic E-state index is 13.5. The number of ketones is 1. The fourth-order valence-electron chi connectivity index (χ4n) is 4.70. The molecule has 1 aliphatic carbocycles. The molecule has 2 unspecified atom stereocenters. The number of carbonyl (C=O) groups excluding carboxylic acids is 2. The number of hydrogen-bond donors (Lipinski definition) is 1. The molecule has 0 saturated heterocycles. The Balaban J connectivity index is 1.60. The quantitative estimate of drug-likeness (QED) is 0.477. The summed E-state index contributed by atoms with van der Waals surface area (Å²) in [5.41, 5.74) is 1.27. The number of rotatable bonds is 7. The van der Waals surface area contributed by atoms with Crippen molar-refractivity contribution in [1.29, 1.82) is 0 Å². The van der Waals surface area contributed by atoms with Crippen LogP contribution in [0.2, 0.25) is 0 Å². The van der Waals surface area contributed by atoms with Crippen LogP contribution < -0.4 is 0 Å². The van der Waals surface area contributed by atoms with Gasteiger partial charge < -0.3 is 9.84 Å². The van der Waals surface area contributed by atoms with Gasteiger partial charge in [0.05, 0.1) is 5.92 Å². The number of cyclic esters (lactones) is 1. The van der Waals surface area contributed by atoms with Gasteiger partial charge in [0.1, 0.15) is 11.4 Å². The van der Waals surface area contributed by atoms with Crippen LogP contribution in [0.25, 0.3) is 0 Å². The zero-order chi connectivity index (χ0) is 21.8. The molecule has 5 heteroatoms. The molecule has 1 saturated carbocycles. The van der Waals surface area contributed by atoms with E-state index < -0.39 is 23.8 Å². The number of benzene rings is 2. The van der Waals surface area contributed by atoms with Crippen LogP contribution in [0.4, 0.5) is 4.39 Å². The molecule has 2 aromatic rings. The van der Waals surface area contributed by atoms with E-state index in [0.717, 1.165) is 36.8 Å². The van der Waals surface area contributed by atoms with Crippen LogP contribution >= 0.6 is 0 Å². The molecule has 1 N–H and O–H groups in total. The van der Waals surface area contributed by atoms with E-state index in [1.807, 2.05) is 30.3 Å². The Morgan fingerprint density at radius 1 is 1.03 bits per heavy atom. The van der Waals surface area contributed by atoms with Gasteiger partial charge in [-0.05, 0) is 42.0 Å². The first kappa shape index (κ1) is 21.3. The van der Waals surface area contributed by atoms with E-state index in [1.165, 1.54) is 18.6 Å². The number of aliphatic hydroxyl groups is 1. The van der Waals surface area contributed by atoms with E-state index >= 15 is 0 Å². The Labute approximate surface area is 181 Å². The fourth-order valence-corrected chi connectivity index (χ4v) is 4.70. The zero-order valence-electron chi connectivity index (χ0n) is 17.4. The molecule has 4 rings (SSSR count). The van der Waals surface area contributed by atoms with Gasteiger partial charge in [0.25, 0.3) is 0 Å². The normalized spacial score (nSPS) is 20.5. The second kappa shape index (κ2) is 9.46. The highest BCUT2D eigenvalue weighted by molar-refractivity contribution is 6.21. The summed E-state index contributed by atoms with van der Waals surface area (Å²) in [6.07, 6.45) is 5.74. The van der Waals surface area contributed by atoms with Gasteiger partial charge in [0.2, 0.25) is 0 Å². The van der Waals surface area contributed by atoms with Gasteiger partial charge in [0.15, 0.2) is 17.6 Å². The van der Waals surface area contributed by atoms with Gasteiger partial charge in [-0.2, -0.15) is 0 Å². The molecule has 1 fully saturated rings. The number of ether oxygens (including phenoxy) is 1. The Bertz CT molecular complexity index is 959. The predicted molar refractivity (Wildman–Crippen MR) is 115 cm³/mol. The van der Waals surface area contributed by atoms with Gasteiger partial charge in [-0.15, -0.1) is 0 Å². The molecule has 0 aromatic heterocycles. The van der Waals surface area contributed by atoms with E-state index in [4.69, 9.17) is 4.74 Å². The van der Waals surface area contributed by atoms with E-state index in [-0.39, 0.29) is 17.1 Å². The molecule has 0 bridgehead atoms. The predicted octanol–water partition coefficient (Wildman–Crippen LogP) is 5.43. The Morgan fingerprint density at radius 3 is 2.39 bits per heavy atom. The summed E-state index contributed by atoms with van der Waals surface area (Å²) in [6, 6.07) is 15.1. The number of hydrogen-bond acceptors (Lipinski definition) is 4. The molecule has 31 heavy (non-hydrogen) atoms. The van der Waals surface area contributed by atoms with Crippen LogP contribution in [0.5, 0.6) is 0 Å². The average molecular weight is 422 g/mol. The van der Waals surface area contributed by atoms with Crippen LogP contribution in [0.1, 0.15) is 55.6 Å². The highest BCUT2D eigenvalue weighted by Crippen LogP contribution is 2.35. The molecule has 162 valence electrons. The van der Waals surface area contributed by atoms with Crippen LogP contribution in [0.3, 0.4) is 0 Å². The zero-order valence-corrected chi connectivity index (χ0v) is 17.4. The van der Waals surface area contributed by atoms with Crippen LogP contribution in [0.15, 0.2) is 65.9 Å². The summed E-state index contributed by atoms with van der Waals surface area (Å²) >= 11 is 0. The lowest BCUT2D eigenvalue weighted by atomic mass is 9.83. The van der Waals surface area contributed by atoms with Gasteiger partial charge in [0, 0.05) is 0 Å². The molecule has 2 atom stereocenters. The molecule has 2 aliphatic rings. The summed E-state index contributed by atoms with van der Waals surface area (Å²) in [4.78, 5) is 26.1. The largest absolute Gasteiger partial charge is 0.507 e. The Kier molecular flexibility index (Phi) is 6.50. The van der Waals surface area contributed by atoms with Crippen molar-refractivity contribution in [1.82, 2.24) is 0 Å². The maximum atomic E-state index is 13.5. The summed E-state index contributed by atoms with van der Waals surface area (Å²) < 4.78 is 18.7. The minimum absolute atomic E-state index is 0.236. The highest BCUT2D eigenvalue weighted by atomic mass is 19.1. The van der Waals surface area contributed by atoms with Crippen molar-refractivity contribution in [2.75, 3.05) is 0 Å². The summed E-state index contributed by atoms with van der Waals surface area (Å²) in [7, 11) is 0. The third kappa shape index (κ3) is 4.87. The maximum Gasteiger partial charge on any atom is 0.346 e. The van der Waals surface area contributed by atoms with Crippen molar-refractivity contribution < 1.29 is 23.8 Å². The van der Waals surface area contributed by atoms with Crippen molar-refractivity contribution in [2.24, 2.45) is 5.92 Å². The molecule has 0 radical (unpaired) electrons. The molecule has 1 aliphatic heterocycles. The number of halogens is 1. The van der Waals surface area contributed by atoms with Crippen molar-refractivity contribution in [3.63, 3.8) is 0 Å². The monoisotopic (exact) mass is 422 g/mol. The number of carbonyl (C=O) groups is 2. The SMILES string of the molecule is O=C1OC(CC2CCCCC2)C(O)=C1C(=O)C(Cc1ccc(F)cc1)c1ccccc1. The molecule has 2 aromatic carbocycles. The lowest BCUT2D eigenvalue weighted by Crippen LogP contribution is -2.21. The van der Waals surface area contributed by atoms with E-state index in [1.54, 1.807) is 12.1 Å². The van der Waals surface area contributed by atoms with Crippen LogP contribution in [-0.2, 0) is 20.7 Å². The molecular formula is C26H27FO4. The lowest BCUT2D eigenvalue weighted by molar-refractivity contribution is -0.142. The minimum atomic E-state index is -0.747. The Hall–Kier alpha value is -2.95. The third-order valence-corrected chi connectivity index (χ3v) is 6.40.